The molecule has 0 aliphatic heterocycles. The molecule has 2 aromatic heterocycles. The number of aromatic nitrogens is 2. The second-order valence-corrected chi connectivity index (χ2v) is 4.22. The summed E-state index contributed by atoms with van der Waals surface area (Å²) in [6.45, 7) is 1.99. The smallest absolute Gasteiger partial charge is 0.205 e. The van der Waals surface area contributed by atoms with Gasteiger partial charge in [0.25, 0.3) is 0 Å². The van der Waals surface area contributed by atoms with Gasteiger partial charge in [0.05, 0.1) is 6.20 Å². The molecule has 0 radical (unpaired) electrons. The van der Waals surface area contributed by atoms with E-state index in [1.54, 1.807) is 18.5 Å². The van der Waals surface area contributed by atoms with Crippen LogP contribution >= 0.6 is 0 Å². The Hall–Kier alpha value is -2.10. The Kier molecular flexibility index (Phi) is 2.95. The van der Waals surface area contributed by atoms with E-state index in [4.69, 9.17) is 0 Å². The topological polar surface area (TPSA) is 37.6 Å². The molecule has 0 aromatic carbocycles. The highest BCUT2D eigenvalue weighted by Crippen LogP contribution is 2.09. The van der Waals surface area contributed by atoms with Gasteiger partial charge in [-0.1, -0.05) is 6.07 Å². The van der Waals surface area contributed by atoms with Crippen LogP contribution in [0.15, 0.2) is 36.8 Å². The predicted octanol–water partition coefficient (Wildman–Crippen LogP) is 1.90. The number of hydrogen-bond donors (Lipinski definition) is 0. The lowest BCUT2D eigenvalue weighted by atomic mass is 10.2. The summed E-state index contributed by atoms with van der Waals surface area (Å²) in [5, 5.41) is 0. The fourth-order valence-corrected chi connectivity index (χ4v) is 1.57. The summed E-state index contributed by atoms with van der Waals surface area (Å²) < 4.78 is 1.82. The number of fused-ring (bicyclic) bond motifs is 1. The number of carbonyl (C=O) groups is 1. The summed E-state index contributed by atoms with van der Waals surface area (Å²) in [6.07, 6.45) is 6.81. The van der Waals surface area contributed by atoms with Crippen molar-refractivity contribution < 1.29 is 4.79 Å². The molecule has 0 bridgehead atoms. The zero-order valence-electron chi connectivity index (χ0n) is 10.2. The minimum absolute atomic E-state index is 0.0446. The van der Waals surface area contributed by atoms with Crippen LogP contribution in [-0.2, 0) is 0 Å². The molecular weight excluding hydrogens is 214 g/mol. The van der Waals surface area contributed by atoms with Crippen molar-refractivity contribution in [3.05, 3.63) is 48.1 Å². The van der Waals surface area contributed by atoms with Crippen LogP contribution in [0, 0.1) is 6.92 Å². The molecule has 4 nitrogen and oxygen atoms in total. The second-order valence-electron chi connectivity index (χ2n) is 4.22. The van der Waals surface area contributed by atoms with Crippen LogP contribution < -0.4 is 0 Å². The van der Waals surface area contributed by atoms with Crippen LogP contribution in [0.25, 0.3) is 5.65 Å². The highest BCUT2D eigenvalue weighted by molar-refractivity contribution is 6.03. The lowest BCUT2D eigenvalue weighted by molar-refractivity contribution is 0.104. The summed E-state index contributed by atoms with van der Waals surface area (Å²) in [7, 11) is 3.75. The molecule has 0 fully saturated rings. The maximum Gasteiger partial charge on any atom is 0.205 e. The minimum atomic E-state index is -0.0446. The van der Waals surface area contributed by atoms with Crippen LogP contribution in [0.1, 0.15) is 16.1 Å². The molecule has 0 amide bonds. The van der Waals surface area contributed by atoms with E-state index in [1.165, 1.54) is 0 Å². The third kappa shape index (κ3) is 2.36. The summed E-state index contributed by atoms with van der Waals surface area (Å²) in [6, 6.07) is 3.88. The normalized spacial score (nSPS) is 11.2. The highest BCUT2D eigenvalue weighted by Gasteiger charge is 2.09. The zero-order chi connectivity index (χ0) is 12.4. The number of pyridine rings is 1. The molecule has 2 aromatic rings. The van der Waals surface area contributed by atoms with Crippen LogP contribution in [0.5, 0.6) is 0 Å². The molecule has 0 aliphatic rings. The lowest BCUT2D eigenvalue weighted by Crippen LogP contribution is -2.05. The van der Waals surface area contributed by atoms with Crippen molar-refractivity contribution in [2.45, 2.75) is 6.92 Å². The summed E-state index contributed by atoms with van der Waals surface area (Å²) in [5.41, 5.74) is 2.47. The summed E-state index contributed by atoms with van der Waals surface area (Å²) in [5.74, 6) is -0.0446. The van der Waals surface area contributed by atoms with Gasteiger partial charge in [-0.2, -0.15) is 0 Å². The summed E-state index contributed by atoms with van der Waals surface area (Å²) in [4.78, 5) is 18.0. The maximum atomic E-state index is 12.0. The Labute approximate surface area is 100 Å². The Morgan fingerprint density at radius 2 is 2.18 bits per heavy atom. The van der Waals surface area contributed by atoms with Gasteiger partial charge in [0, 0.05) is 32.6 Å². The first kappa shape index (κ1) is 11.4. The predicted molar refractivity (Wildman–Crippen MR) is 67.1 cm³/mol. The van der Waals surface area contributed by atoms with Gasteiger partial charge in [0.15, 0.2) is 0 Å². The third-order valence-corrected chi connectivity index (χ3v) is 2.43. The molecule has 0 unspecified atom stereocenters. The quantitative estimate of drug-likeness (QED) is 0.596. The Morgan fingerprint density at radius 3 is 2.88 bits per heavy atom. The lowest BCUT2D eigenvalue weighted by Gasteiger charge is -2.03. The number of carbonyl (C=O) groups excluding carboxylic acids is 1. The van der Waals surface area contributed by atoms with E-state index < -0.39 is 0 Å². The number of allylic oxidation sites excluding steroid dienone is 1. The molecule has 0 atom stereocenters. The van der Waals surface area contributed by atoms with E-state index in [1.807, 2.05) is 48.6 Å². The van der Waals surface area contributed by atoms with Crippen LogP contribution in [0.4, 0.5) is 0 Å². The van der Waals surface area contributed by atoms with Crippen LogP contribution in [-0.4, -0.2) is 34.2 Å². The average molecular weight is 229 g/mol. The first-order chi connectivity index (χ1) is 8.08. The largest absolute Gasteiger partial charge is 0.383 e. The molecule has 2 heterocycles. The average Bonchev–Trinajstić information content (AvgIpc) is 2.68. The first-order valence-corrected chi connectivity index (χ1v) is 5.40. The van der Waals surface area contributed by atoms with Crippen molar-refractivity contribution in [3.63, 3.8) is 0 Å². The fraction of sp³-hybridized carbons (Fsp3) is 0.231. The number of imidazole rings is 1. The number of ketones is 1. The van der Waals surface area contributed by atoms with Gasteiger partial charge >= 0.3 is 0 Å². The van der Waals surface area contributed by atoms with E-state index >= 15 is 0 Å². The van der Waals surface area contributed by atoms with Crippen LogP contribution in [0.3, 0.4) is 0 Å². The molecule has 17 heavy (non-hydrogen) atoms. The molecule has 0 saturated heterocycles. The first-order valence-electron chi connectivity index (χ1n) is 5.40. The van der Waals surface area contributed by atoms with E-state index in [0.29, 0.717) is 5.69 Å². The second kappa shape index (κ2) is 4.41. The highest BCUT2D eigenvalue weighted by atomic mass is 16.1. The number of rotatable bonds is 3. The minimum Gasteiger partial charge on any atom is -0.383 e. The molecule has 0 aliphatic carbocycles. The number of aryl methyl sites for hydroxylation is 1. The molecule has 0 spiro atoms. The maximum absolute atomic E-state index is 12.0. The van der Waals surface area contributed by atoms with Crippen molar-refractivity contribution >= 4 is 11.4 Å². The monoisotopic (exact) mass is 229 g/mol. The Morgan fingerprint density at radius 1 is 1.41 bits per heavy atom. The van der Waals surface area contributed by atoms with Crippen molar-refractivity contribution in [1.82, 2.24) is 14.3 Å². The molecule has 2 rings (SSSR count). The Balaban J connectivity index is 2.42. The molecule has 0 saturated carbocycles. The van der Waals surface area contributed by atoms with E-state index in [9.17, 15) is 4.79 Å². The van der Waals surface area contributed by atoms with E-state index in [2.05, 4.69) is 4.98 Å². The van der Waals surface area contributed by atoms with Gasteiger partial charge in [-0.15, -0.1) is 0 Å². The fourth-order valence-electron chi connectivity index (χ4n) is 1.57. The summed E-state index contributed by atoms with van der Waals surface area (Å²) >= 11 is 0. The number of nitrogens with zero attached hydrogens (tertiary/aromatic N) is 3. The van der Waals surface area contributed by atoms with Gasteiger partial charge in [-0.25, -0.2) is 4.98 Å². The van der Waals surface area contributed by atoms with Gasteiger partial charge in [-0.05, 0) is 18.6 Å². The van der Waals surface area contributed by atoms with Gasteiger partial charge in [-0.3, -0.25) is 9.20 Å². The van der Waals surface area contributed by atoms with Crippen molar-refractivity contribution in [2.24, 2.45) is 0 Å². The van der Waals surface area contributed by atoms with Crippen molar-refractivity contribution in [1.29, 1.82) is 0 Å². The van der Waals surface area contributed by atoms with Crippen molar-refractivity contribution in [2.75, 3.05) is 14.1 Å². The van der Waals surface area contributed by atoms with Crippen molar-refractivity contribution in [3.8, 4) is 0 Å². The van der Waals surface area contributed by atoms with Crippen LogP contribution in [0.2, 0.25) is 0 Å². The Bertz CT molecular complexity index is 581. The van der Waals surface area contributed by atoms with Gasteiger partial charge in [0.2, 0.25) is 5.78 Å². The molecule has 88 valence electrons. The standard InChI is InChI=1S/C13H15N3O/c1-10-4-5-13-14-8-11(16(13)9-10)12(17)6-7-15(2)3/h4-9H,1-3H3/b7-6+. The van der Waals surface area contributed by atoms with E-state index in [-0.39, 0.29) is 5.78 Å². The third-order valence-electron chi connectivity index (χ3n) is 2.43. The number of hydrogen-bond acceptors (Lipinski definition) is 3. The molecular formula is C13H15N3O. The zero-order valence-corrected chi connectivity index (χ0v) is 10.2. The molecule has 0 N–H and O–H groups in total. The van der Waals surface area contributed by atoms with Gasteiger partial charge in [0.1, 0.15) is 11.3 Å². The SMILES string of the molecule is Cc1ccc2ncc(C(=O)/C=C/N(C)C)n2c1. The van der Waals surface area contributed by atoms with E-state index in [0.717, 1.165) is 11.2 Å². The molecule has 4 heteroatoms. The van der Waals surface area contributed by atoms with Gasteiger partial charge < -0.3 is 4.90 Å².